The lowest BCUT2D eigenvalue weighted by Crippen LogP contribution is -2.60. The molecule has 1 spiro atoms. The first-order valence-electron chi connectivity index (χ1n) is 7.27. The molecule has 0 aliphatic carbocycles. The van der Waals surface area contributed by atoms with E-state index >= 15 is 0 Å². The highest BCUT2D eigenvalue weighted by atomic mass is 32.2. The van der Waals surface area contributed by atoms with E-state index in [0.29, 0.717) is 11.5 Å². The Morgan fingerprint density at radius 1 is 1.06 bits per heavy atom. The third-order valence-corrected chi connectivity index (χ3v) is 5.69. The van der Waals surface area contributed by atoms with Crippen LogP contribution in [-0.4, -0.2) is 65.9 Å². The molecule has 0 aromatic rings. The van der Waals surface area contributed by atoms with Gasteiger partial charge < -0.3 is 10.6 Å². The smallest absolute Gasteiger partial charge is 0.0183 e. The van der Waals surface area contributed by atoms with Crippen molar-refractivity contribution in [3.05, 3.63) is 0 Å². The van der Waals surface area contributed by atoms with Gasteiger partial charge in [-0.05, 0) is 39.3 Å². The number of likely N-dealkylation sites (tertiary alicyclic amines) is 1. The molecule has 3 aliphatic heterocycles. The molecule has 3 fully saturated rings. The molecule has 104 valence electrons. The predicted octanol–water partition coefficient (Wildman–Crippen LogP) is 1.00. The van der Waals surface area contributed by atoms with Crippen LogP contribution in [0.2, 0.25) is 0 Å². The molecule has 0 bridgehead atoms. The second-order valence-corrected chi connectivity index (χ2v) is 7.68. The van der Waals surface area contributed by atoms with Gasteiger partial charge in [0, 0.05) is 56.3 Å². The average molecular weight is 270 g/mol. The molecular formula is C13H26N4S. The summed E-state index contributed by atoms with van der Waals surface area (Å²) < 4.78 is 5.05. The van der Waals surface area contributed by atoms with E-state index in [2.05, 4.69) is 20.6 Å². The summed E-state index contributed by atoms with van der Waals surface area (Å²) in [6.07, 6.45) is 5.14. The molecule has 5 heteroatoms. The van der Waals surface area contributed by atoms with Crippen LogP contribution in [0.1, 0.15) is 25.7 Å². The molecule has 18 heavy (non-hydrogen) atoms. The van der Waals surface area contributed by atoms with E-state index in [9.17, 15) is 0 Å². The van der Waals surface area contributed by atoms with Crippen molar-refractivity contribution in [1.82, 2.24) is 13.5 Å². The molecule has 3 rings (SSSR count). The van der Waals surface area contributed by atoms with Crippen LogP contribution in [-0.2, 0) is 0 Å². The molecule has 4 nitrogen and oxygen atoms in total. The Bertz CT molecular complexity index is 285. The van der Waals surface area contributed by atoms with Crippen LogP contribution in [0, 0.1) is 5.41 Å². The lowest BCUT2D eigenvalue weighted by Gasteiger charge is -2.54. The van der Waals surface area contributed by atoms with Crippen LogP contribution in [0.15, 0.2) is 0 Å². The second-order valence-electron chi connectivity index (χ2n) is 6.49. The lowest BCUT2D eigenvalue weighted by molar-refractivity contribution is 0.00276. The van der Waals surface area contributed by atoms with Gasteiger partial charge in [-0.1, -0.05) is 0 Å². The van der Waals surface area contributed by atoms with E-state index in [4.69, 9.17) is 5.73 Å². The highest BCUT2D eigenvalue weighted by Gasteiger charge is 2.45. The summed E-state index contributed by atoms with van der Waals surface area (Å²) in [7, 11) is 2.27. The Balaban J connectivity index is 1.42. The van der Waals surface area contributed by atoms with E-state index in [-0.39, 0.29) is 0 Å². The molecule has 0 radical (unpaired) electrons. The van der Waals surface area contributed by atoms with E-state index in [1.807, 2.05) is 12.1 Å². The summed E-state index contributed by atoms with van der Waals surface area (Å²) >= 11 is 1.97. The topological polar surface area (TPSA) is 35.7 Å². The summed E-state index contributed by atoms with van der Waals surface area (Å²) in [4.78, 5) is 2.51. The van der Waals surface area contributed by atoms with Gasteiger partial charge in [-0.15, -0.1) is 0 Å². The normalized spacial score (nSPS) is 31.7. The fourth-order valence-corrected chi connectivity index (χ4v) is 4.96. The van der Waals surface area contributed by atoms with Crippen molar-refractivity contribution in [2.24, 2.45) is 11.1 Å². The minimum absolute atomic E-state index is 0.441. The van der Waals surface area contributed by atoms with Crippen molar-refractivity contribution in [2.45, 2.75) is 31.7 Å². The minimum Gasteiger partial charge on any atom is -0.328 e. The molecule has 0 aromatic carbocycles. The zero-order chi connectivity index (χ0) is 12.6. The first-order chi connectivity index (χ1) is 8.65. The van der Waals surface area contributed by atoms with Crippen LogP contribution in [0.3, 0.4) is 0 Å². The summed E-state index contributed by atoms with van der Waals surface area (Å²) in [5.41, 5.74) is 6.56. The summed E-state index contributed by atoms with van der Waals surface area (Å²) in [6, 6.07) is 0.441. The molecular weight excluding hydrogens is 244 g/mol. The number of hydrogen-bond acceptors (Lipinski definition) is 5. The van der Waals surface area contributed by atoms with Crippen molar-refractivity contribution in [1.29, 1.82) is 0 Å². The summed E-state index contributed by atoms with van der Waals surface area (Å²) in [5.74, 6) is 0. The quantitative estimate of drug-likeness (QED) is 0.758. The van der Waals surface area contributed by atoms with Gasteiger partial charge in [0.1, 0.15) is 0 Å². The number of hydrogen-bond donors (Lipinski definition) is 1. The molecule has 0 atom stereocenters. The van der Waals surface area contributed by atoms with Crippen LogP contribution in [0.5, 0.6) is 0 Å². The third-order valence-electron chi connectivity index (χ3n) is 4.61. The van der Waals surface area contributed by atoms with Crippen molar-refractivity contribution < 1.29 is 0 Å². The number of nitrogens with zero attached hydrogens (tertiary/aromatic N) is 3. The molecule has 3 heterocycles. The minimum atomic E-state index is 0.441. The fourth-order valence-electron chi connectivity index (χ4n) is 3.59. The van der Waals surface area contributed by atoms with E-state index in [0.717, 1.165) is 25.9 Å². The highest BCUT2D eigenvalue weighted by Crippen LogP contribution is 2.42. The van der Waals surface area contributed by atoms with Gasteiger partial charge in [-0.2, -0.15) is 0 Å². The number of piperidine rings is 2. The van der Waals surface area contributed by atoms with Crippen LogP contribution in [0.25, 0.3) is 0 Å². The van der Waals surface area contributed by atoms with Gasteiger partial charge in [0.2, 0.25) is 0 Å². The summed E-state index contributed by atoms with van der Waals surface area (Å²) in [6.45, 7) is 7.48. The van der Waals surface area contributed by atoms with Gasteiger partial charge in [-0.25, -0.2) is 8.61 Å². The monoisotopic (exact) mass is 270 g/mol. The van der Waals surface area contributed by atoms with Gasteiger partial charge in [0.25, 0.3) is 0 Å². The molecule has 0 saturated carbocycles. The first-order valence-corrected chi connectivity index (χ1v) is 8.00. The Hall–Kier alpha value is 0.190. The van der Waals surface area contributed by atoms with Gasteiger partial charge in [0.15, 0.2) is 0 Å². The Labute approximate surface area is 115 Å². The highest BCUT2D eigenvalue weighted by molar-refractivity contribution is 7.94. The Kier molecular flexibility index (Phi) is 3.87. The second kappa shape index (κ2) is 5.29. The largest absolute Gasteiger partial charge is 0.328 e. The molecule has 0 aromatic heterocycles. The van der Waals surface area contributed by atoms with Crippen LogP contribution in [0.4, 0.5) is 0 Å². The molecule has 3 saturated heterocycles. The molecule has 3 aliphatic rings. The van der Waals surface area contributed by atoms with Gasteiger partial charge in [0.05, 0.1) is 0 Å². The van der Waals surface area contributed by atoms with E-state index in [1.54, 1.807) is 0 Å². The maximum Gasteiger partial charge on any atom is 0.0183 e. The number of rotatable bonds is 2. The molecule has 0 amide bonds. The maximum atomic E-state index is 5.95. The SMILES string of the molecule is CN1CCCC2(C1)CN(SN1CCC(N)CC1)C2. The van der Waals surface area contributed by atoms with Crippen molar-refractivity contribution >= 4 is 12.1 Å². The van der Waals surface area contributed by atoms with Crippen molar-refractivity contribution in [2.75, 3.05) is 46.3 Å². The average Bonchev–Trinajstić information content (AvgIpc) is 2.30. The van der Waals surface area contributed by atoms with Crippen LogP contribution < -0.4 is 5.73 Å². The number of nitrogens with two attached hydrogens (primary N) is 1. The third kappa shape index (κ3) is 2.85. The zero-order valence-electron chi connectivity index (χ0n) is 11.5. The van der Waals surface area contributed by atoms with E-state index in [1.165, 1.54) is 39.0 Å². The van der Waals surface area contributed by atoms with Crippen molar-refractivity contribution in [3.63, 3.8) is 0 Å². The standard InChI is InChI=1S/C13H26N4S/c1-15-6-2-5-13(9-15)10-17(11-13)18-16-7-3-12(14)4-8-16/h12H,2-11,14H2,1H3. The summed E-state index contributed by atoms with van der Waals surface area (Å²) in [5, 5.41) is 0. The fraction of sp³-hybridized carbons (Fsp3) is 1.00. The molecule has 0 unspecified atom stereocenters. The lowest BCUT2D eigenvalue weighted by atomic mass is 9.75. The van der Waals surface area contributed by atoms with Gasteiger partial charge in [-0.3, -0.25) is 0 Å². The van der Waals surface area contributed by atoms with Crippen molar-refractivity contribution in [3.8, 4) is 0 Å². The predicted molar refractivity (Wildman–Crippen MR) is 77.1 cm³/mol. The Morgan fingerprint density at radius 2 is 1.78 bits per heavy atom. The van der Waals surface area contributed by atoms with Crippen LogP contribution >= 0.6 is 12.1 Å². The van der Waals surface area contributed by atoms with E-state index < -0.39 is 0 Å². The first kappa shape index (κ1) is 13.2. The van der Waals surface area contributed by atoms with Gasteiger partial charge >= 0.3 is 0 Å². The Morgan fingerprint density at radius 3 is 2.44 bits per heavy atom. The zero-order valence-corrected chi connectivity index (χ0v) is 12.3. The maximum absolute atomic E-state index is 5.95. The molecule has 2 N–H and O–H groups in total.